The second-order valence-electron chi connectivity index (χ2n) is 5.36. The van der Waals surface area contributed by atoms with Crippen LogP contribution in [0.1, 0.15) is 27.9 Å². The summed E-state index contributed by atoms with van der Waals surface area (Å²) in [4.78, 5) is 12.2. The van der Waals surface area contributed by atoms with Crippen molar-refractivity contribution in [2.75, 3.05) is 7.11 Å². The lowest BCUT2D eigenvalue weighted by atomic mass is 9.90. The van der Waals surface area contributed by atoms with Gasteiger partial charge < -0.3 is 9.84 Å². The van der Waals surface area contributed by atoms with Crippen molar-refractivity contribution in [1.29, 1.82) is 0 Å². The van der Waals surface area contributed by atoms with E-state index < -0.39 is 5.72 Å². The summed E-state index contributed by atoms with van der Waals surface area (Å²) in [5.41, 5.74) is 6.13. The van der Waals surface area contributed by atoms with Crippen LogP contribution in [0.2, 0.25) is 0 Å². The van der Waals surface area contributed by atoms with Crippen molar-refractivity contribution in [3.63, 3.8) is 0 Å². The van der Waals surface area contributed by atoms with E-state index in [1.165, 1.54) is 0 Å². The Hall–Kier alpha value is -2.63. The Kier molecular flexibility index (Phi) is 4.14. The summed E-state index contributed by atoms with van der Waals surface area (Å²) in [6.45, 7) is 0. The lowest BCUT2D eigenvalue weighted by Crippen LogP contribution is -2.52. The van der Waals surface area contributed by atoms with Crippen molar-refractivity contribution in [3.8, 4) is 5.75 Å². The molecule has 0 spiro atoms. The van der Waals surface area contributed by atoms with Gasteiger partial charge in [-0.2, -0.15) is 5.43 Å². The molecule has 1 aliphatic carbocycles. The summed E-state index contributed by atoms with van der Waals surface area (Å²) in [7, 11) is 1.57. The lowest BCUT2D eigenvalue weighted by molar-refractivity contribution is -0.0113. The van der Waals surface area contributed by atoms with Crippen molar-refractivity contribution in [3.05, 3.63) is 71.3 Å². The number of nitrogens with one attached hydrogen (secondary N) is 2. The molecule has 0 bridgehead atoms. The molecule has 23 heavy (non-hydrogen) atoms. The fourth-order valence-corrected chi connectivity index (χ4v) is 2.58. The third-order valence-electron chi connectivity index (χ3n) is 3.85. The number of hydrogen-bond acceptors (Lipinski definition) is 4. The molecule has 1 amide bonds. The molecule has 5 heteroatoms. The van der Waals surface area contributed by atoms with Crippen LogP contribution >= 0.6 is 0 Å². The predicted octanol–water partition coefficient (Wildman–Crippen LogP) is 2.19. The summed E-state index contributed by atoms with van der Waals surface area (Å²) in [5.74, 6) is 0.354. The van der Waals surface area contributed by atoms with Crippen LogP contribution in [0, 0.1) is 0 Å². The van der Waals surface area contributed by atoms with E-state index >= 15 is 0 Å². The normalized spacial score (nSPS) is 19.0. The van der Waals surface area contributed by atoms with Crippen LogP contribution in [-0.2, 0) is 5.72 Å². The highest BCUT2D eigenvalue weighted by Gasteiger charge is 2.32. The average Bonchev–Trinajstić information content (AvgIpc) is 2.60. The van der Waals surface area contributed by atoms with Crippen LogP contribution in [0.15, 0.2) is 54.6 Å². The molecule has 2 aromatic carbocycles. The van der Waals surface area contributed by atoms with Crippen LogP contribution in [0.4, 0.5) is 0 Å². The molecule has 118 valence electrons. The molecule has 0 saturated carbocycles. The molecule has 3 rings (SSSR count). The SMILES string of the molecule is COc1ccc(C(=O)NNC2(O)CC=Cc3ccccc32)cc1. The highest BCUT2D eigenvalue weighted by Crippen LogP contribution is 2.30. The van der Waals surface area contributed by atoms with Gasteiger partial charge in [0.05, 0.1) is 7.11 Å². The maximum atomic E-state index is 12.2. The molecule has 3 N–H and O–H groups in total. The maximum absolute atomic E-state index is 12.2. The second-order valence-corrected chi connectivity index (χ2v) is 5.36. The number of ether oxygens (including phenoxy) is 1. The van der Waals surface area contributed by atoms with Gasteiger partial charge in [0.15, 0.2) is 5.72 Å². The molecular weight excluding hydrogens is 292 g/mol. The van der Waals surface area contributed by atoms with Crippen LogP contribution in [0.5, 0.6) is 5.75 Å². The molecule has 2 aromatic rings. The summed E-state index contributed by atoms with van der Waals surface area (Å²) in [6, 6.07) is 14.3. The van der Waals surface area contributed by atoms with Crippen molar-refractivity contribution in [2.24, 2.45) is 0 Å². The predicted molar refractivity (Wildman–Crippen MR) is 87.6 cm³/mol. The third-order valence-corrected chi connectivity index (χ3v) is 3.85. The molecule has 0 saturated heterocycles. The molecule has 5 nitrogen and oxygen atoms in total. The summed E-state index contributed by atoms with van der Waals surface area (Å²) < 4.78 is 5.06. The van der Waals surface area contributed by atoms with E-state index in [4.69, 9.17) is 4.74 Å². The van der Waals surface area contributed by atoms with Crippen LogP contribution in [0.25, 0.3) is 6.08 Å². The number of carbonyl (C=O) groups excluding carboxylic acids is 1. The van der Waals surface area contributed by atoms with E-state index in [0.29, 0.717) is 17.7 Å². The number of hydrazine groups is 1. The number of fused-ring (bicyclic) bond motifs is 1. The van der Waals surface area contributed by atoms with E-state index in [2.05, 4.69) is 10.9 Å². The summed E-state index contributed by atoms with van der Waals surface area (Å²) in [6.07, 6.45) is 4.19. The number of aliphatic hydroxyl groups is 1. The Morgan fingerprint density at radius 1 is 1.17 bits per heavy atom. The van der Waals surface area contributed by atoms with Gasteiger partial charge in [-0.25, -0.2) is 0 Å². The average molecular weight is 310 g/mol. The monoisotopic (exact) mass is 310 g/mol. The molecule has 1 atom stereocenters. The van der Waals surface area contributed by atoms with Gasteiger partial charge in [-0.3, -0.25) is 10.2 Å². The van der Waals surface area contributed by atoms with Gasteiger partial charge in [0, 0.05) is 17.5 Å². The van der Waals surface area contributed by atoms with Gasteiger partial charge in [-0.1, -0.05) is 36.4 Å². The number of benzene rings is 2. The molecular formula is C18H18N2O3. The van der Waals surface area contributed by atoms with Crippen molar-refractivity contribution >= 4 is 12.0 Å². The van der Waals surface area contributed by atoms with Gasteiger partial charge in [0.1, 0.15) is 5.75 Å². The first kappa shape index (κ1) is 15.3. The Morgan fingerprint density at radius 2 is 1.91 bits per heavy atom. The zero-order valence-corrected chi connectivity index (χ0v) is 12.7. The fraction of sp³-hybridized carbons (Fsp3) is 0.167. The number of amides is 1. The maximum Gasteiger partial charge on any atom is 0.265 e. The smallest absolute Gasteiger partial charge is 0.265 e. The number of carbonyl (C=O) groups is 1. The molecule has 1 unspecified atom stereocenters. The first-order chi connectivity index (χ1) is 11.1. The Bertz CT molecular complexity index is 740. The minimum Gasteiger partial charge on any atom is -0.497 e. The van der Waals surface area contributed by atoms with Gasteiger partial charge in [-0.05, 0) is 29.8 Å². The van der Waals surface area contributed by atoms with E-state index in [9.17, 15) is 9.90 Å². The van der Waals surface area contributed by atoms with Gasteiger partial charge >= 0.3 is 0 Å². The van der Waals surface area contributed by atoms with Gasteiger partial charge in [-0.15, -0.1) is 0 Å². The first-order valence-corrected chi connectivity index (χ1v) is 7.32. The molecule has 0 radical (unpaired) electrons. The standard InChI is InChI=1S/C18H18N2O3/c1-23-15-10-8-14(9-11-15)17(21)19-20-18(22)12-4-6-13-5-2-3-7-16(13)18/h2-11,20,22H,12H2,1H3,(H,19,21). The molecule has 0 aliphatic heterocycles. The molecule has 0 fully saturated rings. The Morgan fingerprint density at radius 3 is 2.65 bits per heavy atom. The van der Waals surface area contributed by atoms with E-state index in [1.54, 1.807) is 31.4 Å². The second kappa shape index (κ2) is 6.24. The number of methoxy groups -OCH3 is 1. The Balaban J connectivity index is 1.72. The quantitative estimate of drug-likeness (QED) is 0.598. The highest BCUT2D eigenvalue weighted by atomic mass is 16.5. The number of hydrogen-bond donors (Lipinski definition) is 3. The highest BCUT2D eigenvalue weighted by molar-refractivity contribution is 5.94. The van der Waals surface area contributed by atoms with Crippen LogP contribution < -0.4 is 15.6 Å². The zero-order valence-electron chi connectivity index (χ0n) is 12.7. The molecule has 1 aliphatic rings. The largest absolute Gasteiger partial charge is 0.497 e. The van der Waals surface area contributed by atoms with Crippen molar-refractivity contribution in [2.45, 2.75) is 12.1 Å². The lowest BCUT2D eigenvalue weighted by Gasteiger charge is -2.32. The topological polar surface area (TPSA) is 70.6 Å². The summed E-state index contributed by atoms with van der Waals surface area (Å²) in [5, 5.41) is 10.8. The van der Waals surface area contributed by atoms with E-state index in [-0.39, 0.29) is 5.91 Å². The fourth-order valence-electron chi connectivity index (χ4n) is 2.58. The minimum absolute atomic E-state index is 0.326. The van der Waals surface area contributed by atoms with Gasteiger partial charge in [0.25, 0.3) is 5.91 Å². The minimum atomic E-state index is -1.33. The zero-order chi connectivity index (χ0) is 16.3. The van der Waals surface area contributed by atoms with E-state index in [1.807, 2.05) is 36.4 Å². The third kappa shape index (κ3) is 3.11. The van der Waals surface area contributed by atoms with Crippen LogP contribution in [-0.4, -0.2) is 18.1 Å². The summed E-state index contributed by atoms with van der Waals surface area (Å²) >= 11 is 0. The van der Waals surface area contributed by atoms with Crippen LogP contribution in [0.3, 0.4) is 0 Å². The van der Waals surface area contributed by atoms with Gasteiger partial charge in [0.2, 0.25) is 0 Å². The molecule has 0 aromatic heterocycles. The molecule has 0 heterocycles. The van der Waals surface area contributed by atoms with Crippen molar-refractivity contribution in [1.82, 2.24) is 10.9 Å². The van der Waals surface area contributed by atoms with E-state index in [0.717, 1.165) is 11.1 Å². The Labute approximate surface area is 134 Å². The first-order valence-electron chi connectivity index (χ1n) is 7.32. The number of rotatable bonds is 4. The van der Waals surface area contributed by atoms with Crippen molar-refractivity contribution < 1.29 is 14.6 Å².